The van der Waals surface area contributed by atoms with Crippen molar-refractivity contribution in [2.75, 3.05) is 12.4 Å². The summed E-state index contributed by atoms with van der Waals surface area (Å²) < 4.78 is 10.4. The Balaban J connectivity index is 1.67. The van der Waals surface area contributed by atoms with Crippen LogP contribution < -0.4 is 10.1 Å². The number of methoxy groups -OCH3 is 1. The standard InChI is InChI=1S/C20H17ClN2O4S/c1-12-18(19(24)23-15-5-3-4-13(10-15)20(25)26-2)28-17(22-12)11-27-16-8-6-14(21)7-9-16/h3-10H,11H2,1-2H3,(H,23,24). The zero-order valence-corrected chi connectivity index (χ0v) is 16.8. The van der Waals surface area contributed by atoms with Gasteiger partial charge in [0, 0.05) is 10.7 Å². The molecule has 0 aliphatic heterocycles. The third-order valence-corrected chi connectivity index (χ3v) is 5.15. The van der Waals surface area contributed by atoms with Crippen molar-refractivity contribution in [2.45, 2.75) is 13.5 Å². The smallest absolute Gasteiger partial charge is 0.337 e. The Bertz CT molecular complexity index is 1000. The number of hydrogen-bond donors (Lipinski definition) is 1. The first-order valence-electron chi connectivity index (χ1n) is 8.30. The van der Waals surface area contributed by atoms with Crippen LogP contribution in [-0.4, -0.2) is 24.0 Å². The number of anilines is 1. The SMILES string of the molecule is COC(=O)c1cccc(NC(=O)c2sc(COc3ccc(Cl)cc3)nc2C)c1. The first kappa shape index (κ1) is 19.9. The van der Waals surface area contributed by atoms with Gasteiger partial charge in [-0.1, -0.05) is 17.7 Å². The molecule has 6 nitrogen and oxygen atoms in total. The molecule has 0 fully saturated rings. The molecule has 1 heterocycles. The topological polar surface area (TPSA) is 77.5 Å². The van der Waals surface area contributed by atoms with Gasteiger partial charge >= 0.3 is 5.97 Å². The molecule has 8 heteroatoms. The van der Waals surface area contributed by atoms with Gasteiger partial charge in [-0.25, -0.2) is 9.78 Å². The predicted octanol–water partition coefficient (Wildman–Crippen LogP) is 4.72. The lowest BCUT2D eigenvalue weighted by Crippen LogP contribution is -2.12. The largest absolute Gasteiger partial charge is 0.486 e. The highest BCUT2D eigenvalue weighted by Crippen LogP contribution is 2.23. The number of ether oxygens (including phenoxy) is 2. The zero-order chi connectivity index (χ0) is 20.1. The minimum absolute atomic E-state index is 0.248. The molecule has 0 spiro atoms. The number of carbonyl (C=O) groups is 2. The molecule has 0 unspecified atom stereocenters. The number of carbonyl (C=O) groups excluding carboxylic acids is 2. The molecule has 3 aromatic rings. The van der Waals surface area contributed by atoms with Crippen LogP contribution in [0.3, 0.4) is 0 Å². The van der Waals surface area contributed by atoms with Crippen molar-refractivity contribution in [3.63, 3.8) is 0 Å². The van der Waals surface area contributed by atoms with Crippen LogP contribution in [-0.2, 0) is 11.3 Å². The van der Waals surface area contributed by atoms with Gasteiger partial charge in [-0.2, -0.15) is 0 Å². The fourth-order valence-electron chi connectivity index (χ4n) is 2.43. The molecule has 0 bridgehead atoms. The van der Waals surface area contributed by atoms with Crippen molar-refractivity contribution < 1.29 is 19.1 Å². The fraction of sp³-hybridized carbons (Fsp3) is 0.150. The number of benzene rings is 2. The van der Waals surface area contributed by atoms with Gasteiger partial charge in [-0.15, -0.1) is 11.3 Å². The van der Waals surface area contributed by atoms with Gasteiger partial charge in [0.1, 0.15) is 22.2 Å². The number of thiazole rings is 1. The van der Waals surface area contributed by atoms with Gasteiger partial charge in [0.15, 0.2) is 0 Å². The Kier molecular flexibility index (Phi) is 6.28. The zero-order valence-electron chi connectivity index (χ0n) is 15.2. The Labute approximate surface area is 171 Å². The lowest BCUT2D eigenvalue weighted by molar-refractivity contribution is 0.0600. The second kappa shape index (κ2) is 8.86. The third-order valence-electron chi connectivity index (χ3n) is 3.76. The first-order chi connectivity index (χ1) is 13.5. The van der Waals surface area contributed by atoms with Gasteiger partial charge in [0.25, 0.3) is 5.91 Å². The number of nitrogens with one attached hydrogen (secondary N) is 1. The molecular weight excluding hydrogens is 400 g/mol. The number of halogens is 1. The molecule has 3 rings (SSSR count). The summed E-state index contributed by atoms with van der Waals surface area (Å²) in [6.45, 7) is 2.01. The van der Waals surface area contributed by atoms with E-state index in [2.05, 4.69) is 10.3 Å². The molecule has 1 amide bonds. The second-order valence-corrected chi connectivity index (χ2v) is 7.31. The molecule has 0 atom stereocenters. The molecule has 0 aliphatic carbocycles. The molecule has 28 heavy (non-hydrogen) atoms. The van der Waals surface area contributed by atoms with E-state index >= 15 is 0 Å². The van der Waals surface area contributed by atoms with Crippen LogP contribution in [0.5, 0.6) is 5.75 Å². The summed E-state index contributed by atoms with van der Waals surface area (Å²) in [5.74, 6) is -0.0932. The summed E-state index contributed by atoms with van der Waals surface area (Å²) in [6, 6.07) is 13.6. The van der Waals surface area contributed by atoms with Gasteiger partial charge < -0.3 is 14.8 Å². The van der Waals surface area contributed by atoms with E-state index in [-0.39, 0.29) is 12.5 Å². The van der Waals surface area contributed by atoms with Gasteiger partial charge in [-0.05, 0) is 49.4 Å². The quantitative estimate of drug-likeness (QED) is 0.588. The Morgan fingerprint density at radius 1 is 1.18 bits per heavy atom. The van der Waals surface area contributed by atoms with Crippen LogP contribution in [0.2, 0.25) is 5.02 Å². The van der Waals surface area contributed by atoms with Gasteiger partial charge in [0.2, 0.25) is 0 Å². The number of aryl methyl sites for hydroxylation is 1. The van der Waals surface area contributed by atoms with E-state index in [0.717, 1.165) is 0 Å². The summed E-state index contributed by atoms with van der Waals surface area (Å²) in [5.41, 5.74) is 1.47. The van der Waals surface area contributed by atoms with Crippen LogP contribution >= 0.6 is 22.9 Å². The van der Waals surface area contributed by atoms with Crippen molar-refractivity contribution in [1.82, 2.24) is 4.98 Å². The molecule has 0 radical (unpaired) electrons. The Morgan fingerprint density at radius 2 is 1.93 bits per heavy atom. The minimum atomic E-state index is -0.466. The number of aromatic nitrogens is 1. The van der Waals surface area contributed by atoms with Crippen LogP contribution in [0.15, 0.2) is 48.5 Å². The number of hydrogen-bond acceptors (Lipinski definition) is 6. The molecule has 2 aromatic carbocycles. The number of amides is 1. The normalized spacial score (nSPS) is 10.4. The maximum absolute atomic E-state index is 12.6. The van der Waals surface area contributed by atoms with Crippen LogP contribution in [0.25, 0.3) is 0 Å². The monoisotopic (exact) mass is 416 g/mol. The van der Waals surface area contributed by atoms with E-state index in [1.807, 2.05) is 0 Å². The molecule has 0 aliphatic rings. The van der Waals surface area contributed by atoms with Crippen LogP contribution in [0, 0.1) is 6.92 Å². The Morgan fingerprint density at radius 3 is 2.64 bits per heavy atom. The molecule has 1 N–H and O–H groups in total. The summed E-state index contributed by atoms with van der Waals surface area (Å²) in [7, 11) is 1.31. The van der Waals surface area contributed by atoms with E-state index < -0.39 is 5.97 Å². The highest BCUT2D eigenvalue weighted by Gasteiger charge is 2.16. The summed E-state index contributed by atoms with van der Waals surface area (Å²) in [6.07, 6.45) is 0. The van der Waals surface area contributed by atoms with E-state index in [0.29, 0.717) is 37.6 Å². The third kappa shape index (κ3) is 4.88. The maximum atomic E-state index is 12.6. The summed E-state index contributed by atoms with van der Waals surface area (Å²) >= 11 is 7.11. The summed E-state index contributed by atoms with van der Waals surface area (Å²) in [5, 5.41) is 4.09. The van der Waals surface area contributed by atoms with Crippen LogP contribution in [0.1, 0.15) is 30.7 Å². The van der Waals surface area contributed by atoms with E-state index in [1.165, 1.54) is 18.4 Å². The van der Waals surface area contributed by atoms with E-state index in [9.17, 15) is 9.59 Å². The number of rotatable bonds is 6. The lowest BCUT2D eigenvalue weighted by Gasteiger charge is -2.06. The van der Waals surface area contributed by atoms with Crippen molar-refractivity contribution in [3.8, 4) is 5.75 Å². The van der Waals surface area contributed by atoms with Crippen molar-refractivity contribution in [1.29, 1.82) is 0 Å². The fourth-order valence-corrected chi connectivity index (χ4v) is 3.43. The average Bonchev–Trinajstić information content (AvgIpc) is 3.08. The molecule has 144 valence electrons. The Hall–Kier alpha value is -2.90. The number of nitrogens with zero attached hydrogens (tertiary/aromatic N) is 1. The van der Waals surface area contributed by atoms with Crippen molar-refractivity contribution in [2.24, 2.45) is 0 Å². The van der Waals surface area contributed by atoms with Crippen molar-refractivity contribution >= 4 is 40.5 Å². The molecule has 1 aromatic heterocycles. The van der Waals surface area contributed by atoms with E-state index in [1.54, 1.807) is 55.5 Å². The highest BCUT2D eigenvalue weighted by atomic mass is 35.5. The lowest BCUT2D eigenvalue weighted by atomic mass is 10.2. The van der Waals surface area contributed by atoms with Crippen molar-refractivity contribution in [3.05, 3.63) is 74.7 Å². The minimum Gasteiger partial charge on any atom is -0.486 e. The second-order valence-electron chi connectivity index (χ2n) is 5.79. The molecular formula is C20H17ClN2O4S. The predicted molar refractivity (Wildman–Crippen MR) is 108 cm³/mol. The first-order valence-corrected chi connectivity index (χ1v) is 9.50. The van der Waals surface area contributed by atoms with Crippen LogP contribution in [0.4, 0.5) is 5.69 Å². The number of esters is 1. The molecule has 0 saturated carbocycles. The molecule has 0 saturated heterocycles. The van der Waals surface area contributed by atoms with E-state index in [4.69, 9.17) is 21.1 Å². The highest BCUT2D eigenvalue weighted by molar-refractivity contribution is 7.13. The maximum Gasteiger partial charge on any atom is 0.337 e. The summed E-state index contributed by atoms with van der Waals surface area (Å²) in [4.78, 5) is 29.1. The van der Waals surface area contributed by atoms with Gasteiger partial charge in [-0.3, -0.25) is 4.79 Å². The van der Waals surface area contributed by atoms with Gasteiger partial charge in [0.05, 0.1) is 18.4 Å². The average molecular weight is 417 g/mol.